The Hall–Kier alpha value is -3.50. The van der Waals surface area contributed by atoms with Gasteiger partial charge in [0, 0.05) is 17.6 Å². The van der Waals surface area contributed by atoms with Gasteiger partial charge in [-0.15, -0.1) is 0 Å². The highest BCUT2D eigenvalue weighted by molar-refractivity contribution is 6.31. The number of nitrogens with zero attached hydrogens (tertiary/aromatic N) is 3. The van der Waals surface area contributed by atoms with Crippen molar-refractivity contribution in [2.45, 2.75) is 0 Å². The van der Waals surface area contributed by atoms with Crippen LogP contribution in [0.5, 0.6) is 0 Å². The molecule has 1 amide bonds. The van der Waals surface area contributed by atoms with Crippen molar-refractivity contribution in [2.24, 2.45) is 0 Å². The lowest BCUT2D eigenvalue weighted by molar-refractivity contribution is 0.102. The number of aromatic nitrogens is 2. The summed E-state index contributed by atoms with van der Waals surface area (Å²) < 4.78 is 13.2. The van der Waals surface area contributed by atoms with E-state index in [0.717, 1.165) is 0 Å². The number of carbonyl (C=O) groups excluding carboxylic acids is 1. The average molecular weight is 368 g/mol. The minimum Gasteiger partial charge on any atom is -0.324 e. The highest BCUT2D eigenvalue weighted by atomic mass is 35.5. The molecule has 0 fully saturated rings. The zero-order valence-electron chi connectivity index (χ0n) is 13.2. The highest BCUT2D eigenvalue weighted by Crippen LogP contribution is 2.21. The Kier molecular flexibility index (Phi) is 5.06. The van der Waals surface area contributed by atoms with Crippen LogP contribution in [0.15, 0.2) is 54.7 Å². The molecule has 128 valence electrons. The molecule has 3 rings (SSSR count). The fourth-order valence-corrected chi connectivity index (χ4v) is 2.25. The van der Waals surface area contributed by atoms with Crippen molar-refractivity contribution in [2.75, 3.05) is 10.6 Å². The van der Waals surface area contributed by atoms with E-state index in [1.807, 2.05) is 6.07 Å². The Balaban J connectivity index is 1.74. The molecule has 26 heavy (non-hydrogen) atoms. The number of benzene rings is 2. The maximum Gasteiger partial charge on any atom is 0.274 e. The molecule has 2 N–H and O–H groups in total. The van der Waals surface area contributed by atoms with E-state index < -0.39 is 11.7 Å². The molecule has 1 aromatic heterocycles. The van der Waals surface area contributed by atoms with Gasteiger partial charge in [0.2, 0.25) is 5.95 Å². The number of rotatable bonds is 4. The van der Waals surface area contributed by atoms with Crippen molar-refractivity contribution in [3.8, 4) is 6.07 Å². The smallest absolute Gasteiger partial charge is 0.274 e. The molecule has 8 heteroatoms. The highest BCUT2D eigenvalue weighted by Gasteiger charge is 2.10. The molecule has 3 aromatic rings. The molecule has 0 bridgehead atoms. The fourth-order valence-electron chi connectivity index (χ4n) is 2.07. The third-order valence-electron chi connectivity index (χ3n) is 3.34. The number of anilines is 3. The van der Waals surface area contributed by atoms with Crippen LogP contribution in [0.3, 0.4) is 0 Å². The van der Waals surface area contributed by atoms with E-state index >= 15 is 0 Å². The summed E-state index contributed by atoms with van der Waals surface area (Å²) >= 11 is 5.73. The van der Waals surface area contributed by atoms with Gasteiger partial charge in [0.05, 0.1) is 16.7 Å². The molecule has 0 atom stereocenters. The van der Waals surface area contributed by atoms with Gasteiger partial charge in [-0.2, -0.15) is 5.26 Å². The molecule has 0 saturated heterocycles. The van der Waals surface area contributed by atoms with Crippen LogP contribution < -0.4 is 10.6 Å². The first-order valence-corrected chi connectivity index (χ1v) is 7.79. The van der Waals surface area contributed by atoms with Gasteiger partial charge >= 0.3 is 0 Å². The van der Waals surface area contributed by atoms with Gasteiger partial charge in [0.15, 0.2) is 0 Å². The van der Waals surface area contributed by atoms with Gasteiger partial charge in [0.1, 0.15) is 11.5 Å². The molecule has 0 spiro atoms. The summed E-state index contributed by atoms with van der Waals surface area (Å²) in [6, 6.07) is 14.0. The zero-order chi connectivity index (χ0) is 18.5. The van der Waals surface area contributed by atoms with Crippen LogP contribution in [0.25, 0.3) is 0 Å². The summed E-state index contributed by atoms with van der Waals surface area (Å²) in [7, 11) is 0. The van der Waals surface area contributed by atoms with Gasteiger partial charge in [-0.1, -0.05) is 11.6 Å². The third kappa shape index (κ3) is 4.12. The Labute approximate surface area is 153 Å². The van der Waals surface area contributed by atoms with E-state index in [4.69, 9.17) is 16.9 Å². The largest absolute Gasteiger partial charge is 0.324 e. The van der Waals surface area contributed by atoms with Gasteiger partial charge in [-0.05, 0) is 48.5 Å². The topological polar surface area (TPSA) is 90.7 Å². The van der Waals surface area contributed by atoms with E-state index in [-0.39, 0.29) is 16.7 Å². The van der Waals surface area contributed by atoms with Gasteiger partial charge in [-0.3, -0.25) is 4.79 Å². The normalized spacial score (nSPS) is 10.0. The van der Waals surface area contributed by atoms with Crippen molar-refractivity contribution in [3.63, 3.8) is 0 Å². The molecule has 0 unspecified atom stereocenters. The predicted octanol–water partition coefficient (Wildman–Crippen LogP) is 4.14. The molecule has 0 radical (unpaired) electrons. The number of hydrogen-bond donors (Lipinski definition) is 2. The zero-order valence-corrected chi connectivity index (χ0v) is 14.0. The quantitative estimate of drug-likeness (QED) is 0.723. The first-order valence-electron chi connectivity index (χ1n) is 7.42. The number of nitriles is 1. The number of halogens is 2. The Morgan fingerprint density at radius 2 is 1.85 bits per heavy atom. The first kappa shape index (κ1) is 17.3. The second-order valence-electron chi connectivity index (χ2n) is 5.16. The molecular weight excluding hydrogens is 357 g/mol. The van der Waals surface area contributed by atoms with Crippen LogP contribution in [0.2, 0.25) is 5.02 Å². The van der Waals surface area contributed by atoms with Gasteiger partial charge in [-0.25, -0.2) is 14.4 Å². The SMILES string of the molecule is N#Cc1ccc(NC(=O)c2ccnc(Nc3ccc(F)c(Cl)c3)n2)cc1. The number of hydrogen-bond acceptors (Lipinski definition) is 5. The lowest BCUT2D eigenvalue weighted by Crippen LogP contribution is -2.14. The number of nitrogens with one attached hydrogen (secondary N) is 2. The van der Waals surface area contributed by atoms with Crippen LogP contribution in [-0.2, 0) is 0 Å². The summed E-state index contributed by atoms with van der Waals surface area (Å²) in [5.41, 5.74) is 1.66. The van der Waals surface area contributed by atoms with Crippen molar-refractivity contribution in [1.82, 2.24) is 9.97 Å². The summed E-state index contributed by atoms with van der Waals surface area (Å²) in [5, 5.41) is 14.3. The van der Waals surface area contributed by atoms with Crippen molar-refractivity contribution < 1.29 is 9.18 Å². The lowest BCUT2D eigenvalue weighted by atomic mass is 10.2. The van der Waals surface area contributed by atoms with Crippen LogP contribution in [-0.4, -0.2) is 15.9 Å². The first-order chi connectivity index (χ1) is 12.5. The molecule has 0 aliphatic carbocycles. The number of carbonyl (C=O) groups is 1. The second kappa shape index (κ2) is 7.59. The summed E-state index contributed by atoms with van der Waals surface area (Å²) in [4.78, 5) is 20.5. The fraction of sp³-hybridized carbons (Fsp3) is 0. The predicted molar refractivity (Wildman–Crippen MR) is 95.8 cm³/mol. The molecule has 0 aliphatic heterocycles. The van der Waals surface area contributed by atoms with E-state index in [9.17, 15) is 9.18 Å². The van der Waals surface area contributed by atoms with Crippen LogP contribution in [0, 0.1) is 17.1 Å². The Morgan fingerprint density at radius 1 is 1.12 bits per heavy atom. The van der Waals surface area contributed by atoms with Gasteiger partial charge in [0.25, 0.3) is 5.91 Å². The monoisotopic (exact) mass is 367 g/mol. The van der Waals surface area contributed by atoms with E-state index in [1.165, 1.54) is 30.5 Å². The maximum absolute atomic E-state index is 13.2. The average Bonchev–Trinajstić information content (AvgIpc) is 2.65. The van der Waals surface area contributed by atoms with E-state index in [2.05, 4.69) is 20.6 Å². The molecular formula is C18H11ClFN5O. The molecule has 2 aromatic carbocycles. The maximum atomic E-state index is 13.2. The van der Waals surface area contributed by atoms with Crippen LogP contribution in [0.1, 0.15) is 16.1 Å². The van der Waals surface area contributed by atoms with Gasteiger partial charge < -0.3 is 10.6 Å². The Morgan fingerprint density at radius 3 is 2.54 bits per heavy atom. The minimum atomic E-state index is -0.534. The molecule has 0 aliphatic rings. The van der Waals surface area contributed by atoms with E-state index in [1.54, 1.807) is 24.3 Å². The summed E-state index contributed by atoms with van der Waals surface area (Å²) in [6.45, 7) is 0. The van der Waals surface area contributed by atoms with Crippen molar-refractivity contribution >= 4 is 34.8 Å². The molecule has 0 saturated carbocycles. The van der Waals surface area contributed by atoms with Crippen LogP contribution >= 0.6 is 11.6 Å². The third-order valence-corrected chi connectivity index (χ3v) is 3.63. The van der Waals surface area contributed by atoms with Crippen molar-refractivity contribution in [3.05, 3.63) is 76.8 Å². The minimum absolute atomic E-state index is 0.0373. The molecule has 6 nitrogen and oxygen atoms in total. The second-order valence-corrected chi connectivity index (χ2v) is 5.57. The van der Waals surface area contributed by atoms with Crippen LogP contribution in [0.4, 0.5) is 21.7 Å². The standard InChI is InChI=1S/C18H11ClFN5O/c19-14-9-13(5-6-15(14)20)24-18-22-8-7-16(25-18)17(26)23-12-3-1-11(10-21)2-4-12/h1-9H,(H,23,26)(H,22,24,25). The van der Waals surface area contributed by atoms with E-state index in [0.29, 0.717) is 16.9 Å². The molecule has 1 heterocycles. The Bertz CT molecular complexity index is 1000. The summed E-state index contributed by atoms with van der Waals surface area (Å²) in [6.07, 6.45) is 1.42. The van der Waals surface area contributed by atoms with Crippen molar-refractivity contribution in [1.29, 1.82) is 5.26 Å². The number of amides is 1. The summed E-state index contributed by atoms with van der Waals surface area (Å²) in [5.74, 6) is -0.800. The lowest BCUT2D eigenvalue weighted by Gasteiger charge is -2.08.